The molecule has 0 radical (unpaired) electrons. The van der Waals surface area contributed by atoms with E-state index < -0.39 is 5.54 Å². The van der Waals surface area contributed by atoms with Gasteiger partial charge in [0.2, 0.25) is 5.91 Å². The molecule has 0 spiro atoms. The summed E-state index contributed by atoms with van der Waals surface area (Å²) < 4.78 is 0.962. The molecule has 1 heterocycles. The molecule has 1 amide bonds. The van der Waals surface area contributed by atoms with Crippen LogP contribution in [0.2, 0.25) is 0 Å². The maximum atomic E-state index is 12.4. The minimum atomic E-state index is -1.05. The number of nitrogens with one attached hydrogen (secondary N) is 1. The third kappa shape index (κ3) is 4.30. The molecule has 114 valence electrons. The molecule has 0 saturated carbocycles. The number of hydrogen-bond donors (Lipinski definition) is 2. The zero-order valence-corrected chi connectivity index (χ0v) is 15.0. The molecule has 21 heavy (non-hydrogen) atoms. The molecule has 0 aliphatic carbocycles. The molecular weight excluding hydrogens is 372 g/mol. The highest BCUT2D eigenvalue weighted by molar-refractivity contribution is 9.10. The van der Waals surface area contributed by atoms with Crippen molar-refractivity contribution in [1.82, 2.24) is 5.32 Å². The monoisotopic (exact) mass is 388 g/mol. The van der Waals surface area contributed by atoms with Crippen LogP contribution in [0.5, 0.6) is 0 Å². The Hall–Kier alpha value is -0.880. The summed E-state index contributed by atoms with van der Waals surface area (Å²) in [5.41, 5.74) is 5.95. The molecule has 2 atom stereocenters. The number of rotatable bonds is 4. The average molecular weight is 390 g/mol. The van der Waals surface area contributed by atoms with Gasteiger partial charge in [0.25, 0.3) is 0 Å². The van der Waals surface area contributed by atoms with E-state index in [1.165, 1.54) is 0 Å². The molecule has 1 aromatic heterocycles. The average Bonchev–Trinajstić information content (AvgIpc) is 2.93. The van der Waals surface area contributed by atoms with Crippen molar-refractivity contribution >= 4 is 45.6 Å². The van der Waals surface area contributed by atoms with Crippen molar-refractivity contribution in [2.45, 2.75) is 25.4 Å². The van der Waals surface area contributed by atoms with Crippen LogP contribution in [0, 0.1) is 0 Å². The quantitative estimate of drug-likeness (QED) is 0.831. The Kier molecular flexibility index (Phi) is 6.41. The fourth-order valence-electron chi connectivity index (χ4n) is 1.88. The number of amides is 1. The van der Waals surface area contributed by atoms with Crippen LogP contribution in [0.25, 0.3) is 0 Å². The molecular formula is C15H18BrClN2OS. The van der Waals surface area contributed by atoms with Gasteiger partial charge in [-0.3, -0.25) is 4.79 Å². The van der Waals surface area contributed by atoms with Crippen LogP contribution < -0.4 is 11.1 Å². The predicted molar refractivity (Wildman–Crippen MR) is 93.8 cm³/mol. The van der Waals surface area contributed by atoms with Gasteiger partial charge >= 0.3 is 0 Å². The van der Waals surface area contributed by atoms with Crippen molar-refractivity contribution in [1.29, 1.82) is 0 Å². The maximum Gasteiger partial charge on any atom is 0.244 e. The van der Waals surface area contributed by atoms with Crippen molar-refractivity contribution in [2.24, 2.45) is 5.73 Å². The number of benzene rings is 1. The van der Waals surface area contributed by atoms with Crippen LogP contribution >= 0.6 is 39.7 Å². The third-order valence-corrected chi connectivity index (χ3v) is 4.82. The SMILES string of the molecule is CC(NC(=O)C(C)(N)c1ccc(Br)cc1)c1cccs1.Cl. The van der Waals surface area contributed by atoms with Gasteiger partial charge in [-0.1, -0.05) is 34.1 Å². The Morgan fingerprint density at radius 3 is 2.48 bits per heavy atom. The molecule has 2 rings (SSSR count). The smallest absolute Gasteiger partial charge is 0.244 e. The molecule has 1 aromatic carbocycles. The van der Waals surface area contributed by atoms with E-state index in [9.17, 15) is 4.79 Å². The van der Waals surface area contributed by atoms with Crippen LogP contribution in [-0.2, 0) is 10.3 Å². The molecule has 3 N–H and O–H groups in total. The van der Waals surface area contributed by atoms with E-state index in [4.69, 9.17) is 5.73 Å². The summed E-state index contributed by atoms with van der Waals surface area (Å²) in [5.74, 6) is -0.180. The van der Waals surface area contributed by atoms with Crippen molar-refractivity contribution in [3.63, 3.8) is 0 Å². The molecule has 0 bridgehead atoms. The highest BCUT2D eigenvalue weighted by atomic mass is 79.9. The van der Waals surface area contributed by atoms with Crippen LogP contribution in [-0.4, -0.2) is 5.91 Å². The first-order chi connectivity index (χ1) is 9.41. The molecule has 2 unspecified atom stereocenters. The van der Waals surface area contributed by atoms with E-state index in [0.717, 1.165) is 14.9 Å². The predicted octanol–water partition coefficient (Wildman–Crippen LogP) is 3.98. The number of carbonyl (C=O) groups is 1. The first kappa shape index (κ1) is 18.2. The molecule has 0 aliphatic heterocycles. The third-order valence-electron chi connectivity index (χ3n) is 3.23. The lowest BCUT2D eigenvalue weighted by Crippen LogP contribution is -2.49. The molecule has 3 nitrogen and oxygen atoms in total. The molecule has 0 aliphatic rings. The summed E-state index contributed by atoms with van der Waals surface area (Å²) in [4.78, 5) is 13.5. The minimum absolute atomic E-state index is 0. The van der Waals surface area contributed by atoms with E-state index in [1.54, 1.807) is 18.3 Å². The maximum absolute atomic E-state index is 12.4. The van der Waals surface area contributed by atoms with Gasteiger partial charge in [-0.2, -0.15) is 0 Å². The first-order valence-corrected chi connectivity index (χ1v) is 7.98. The molecule has 0 fully saturated rings. The fourth-order valence-corrected chi connectivity index (χ4v) is 2.88. The zero-order chi connectivity index (χ0) is 14.8. The molecule has 0 saturated heterocycles. The number of halogens is 2. The topological polar surface area (TPSA) is 55.1 Å². The number of hydrogen-bond acceptors (Lipinski definition) is 3. The Balaban J connectivity index is 0.00000220. The second-order valence-electron chi connectivity index (χ2n) is 4.92. The van der Waals surface area contributed by atoms with Gasteiger partial charge in [0.05, 0.1) is 6.04 Å². The van der Waals surface area contributed by atoms with Crippen molar-refractivity contribution < 1.29 is 4.79 Å². The van der Waals surface area contributed by atoms with Gasteiger partial charge in [-0.25, -0.2) is 0 Å². The van der Waals surface area contributed by atoms with Crippen LogP contribution in [0.15, 0.2) is 46.3 Å². The summed E-state index contributed by atoms with van der Waals surface area (Å²) in [7, 11) is 0. The second-order valence-corrected chi connectivity index (χ2v) is 6.81. The standard InChI is InChI=1S/C15H17BrN2OS.ClH/c1-10(13-4-3-9-20-13)18-14(19)15(2,17)11-5-7-12(16)8-6-11;/h3-10H,17H2,1-2H3,(H,18,19);1H. The van der Waals surface area contributed by atoms with E-state index >= 15 is 0 Å². The Morgan fingerprint density at radius 1 is 1.33 bits per heavy atom. The van der Waals surface area contributed by atoms with Gasteiger partial charge in [0, 0.05) is 9.35 Å². The van der Waals surface area contributed by atoms with Gasteiger partial charge in [0.15, 0.2) is 0 Å². The van der Waals surface area contributed by atoms with Crippen molar-refractivity contribution in [3.8, 4) is 0 Å². The van der Waals surface area contributed by atoms with Gasteiger partial charge < -0.3 is 11.1 Å². The summed E-state index contributed by atoms with van der Waals surface area (Å²) in [6, 6.07) is 11.4. The lowest BCUT2D eigenvalue weighted by molar-refractivity contribution is -0.126. The van der Waals surface area contributed by atoms with E-state index in [0.29, 0.717) is 0 Å². The molecule has 6 heteroatoms. The number of thiophene rings is 1. The highest BCUT2D eigenvalue weighted by Gasteiger charge is 2.31. The lowest BCUT2D eigenvalue weighted by Gasteiger charge is -2.26. The van der Waals surface area contributed by atoms with Crippen molar-refractivity contribution in [2.75, 3.05) is 0 Å². The van der Waals surface area contributed by atoms with Crippen LogP contribution in [0.4, 0.5) is 0 Å². The Morgan fingerprint density at radius 2 is 1.95 bits per heavy atom. The first-order valence-electron chi connectivity index (χ1n) is 6.30. The normalized spacial score (nSPS) is 14.7. The Labute approximate surface area is 143 Å². The summed E-state index contributed by atoms with van der Waals surface area (Å²) in [6.07, 6.45) is 0. The van der Waals surface area contributed by atoms with Crippen molar-refractivity contribution in [3.05, 3.63) is 56.7 Å². The van der Waals surface area contributed by atoms with Gasteiger partial charge in [-0.15, -0.1) is 23.7 Å². The van der Waals surface area contributed by atoms with E-state index in [-0.39, 0.29) is 24.4 Å². The van der Waals surface area contributed by atoms with Gasteiger partial charge in [0.1, 0.15) is 5.54 Å². The van der Waals surface area contributed by atoms with Gasteiger partial charge in [-0.05, 0) is 43.0 Å². The van der Waals surface area contributed by atoms with Crippen LogP contribution in [0.1, 0.15) is 30.3 Å². The van der Waals surface area contributed by atoms with E-state index in [1.807, 2.05) is 48.7 Å². The highest BCUT2D eigenvalue weighted by Crippen LogP contribution is 2.23. The summed E-state index contributed by atoms with van der Waals surface area (Å²) in [6.45, 7) is 3.69. The minimum Gasteiger partial charge on any atom is -0.347 e. The summed E-state index contributed by atoms with van der Waals surface area (Å²) in [5, 5.41) is 4.96. The lowest BCUT2D eigenvalue weighted by atomic mass is 9.92. The zero-order valence-electron chi connectivity index (χ0n) is 11.8. The largest absolute Gasteiger partial charge is 0.347 e. The fraction of sp³-hybridized carbons (Fsp3) is 0.267. The van der Waals surface area contributed by atoms with E-state index in [2.05, 4.69) is 21.2 Å². The summed E-state index contributed by atoms with van der Waals surface area (Å²) >= 11 is 5.00. The second kappa shape index (κ2) is 7.40. The number of carbonyl (C=O) groups excluding carboxylic acids is 1. The Bertz CT molecular complexity index is 584. The van der Waals surface area contributed by atoms with Crippen LogP contribution in [0.3, 0.4) is 0 Å². The molecule has 2 aromatic rings. The number of nitrogens with two attached hydrogens (primary N) is 1.